The molecule has 9 heteroatoms. The van der Waals surface area contributed by atoms with Crippen LogP contribution in [0, 0.1) is 20.8 Å². The smallest absolute Gasteiger partial charge is 0.251 e. The van der Waals surface area contributed by atoms with Gasteiger partial charge in [0.15, 0.2) is 5.65 Å². The van der Waals surface area contributed by atoms with Crippen molar-refractivity contribution >= 4 is 32.5 Å². The lowest BCUT2D eigenvalue weighted by Crippen LogP contribution is -2.40. The van der Waals surface area contributed by atoms with Crippen LogP contribution in [-0.4, -0.2) is 33.5 Å². The first-order chi connectivity index (χ1) is 18.9. The highest BCUT2D eigenvalue weighted by molar-refractivity contribution is 7.91. The SMILES string of the molecule is CCc1nc2c(C)cc(C)nc2n1Cc1ccc(-c2cc(-c3ccccc3C)sc2S(=O)(=O)NC(C)(C)C)nc1. The van der Waals surface area contributed by atoms with E-state index in [1.807, 2.05) is 83.3 Å². The van der Waals surface area contributed by atoms with Crippen LogP contribution in [0.5, 0.6) is 0 Å². The number of hydrogen-bond donors (Lipinski definition) is 1. The maximum Gasteiger partial charge on any atom is 0.251 e. The molecule has 0 aliphatic rings. The lowest BCUT2D eigenvalue weighted by molar-refractivity contribution is 0.493. The quantitative estimate of drug-likeness (QED) is 0.230. The van der Waals surface area contributed by atoms with Crippen LogP contribution in [0.4, 0.5) is 0 Å². The highest BCUT2D eigenvalue weighted by Crippen LogP contribution is 2.40. The molecule has 0 saturated carbocycles. The summed E-state index contributed by atoms with van der Waals surface area (Å²) >= 11 is 1.28. The molecule has 4 aromatic heterocycles. The molecule has 0 radical (unpaired) electrons. The number of pyridine rings is 2. The fraction of sp³-hybridized carbons (Fsp3) is 0.323. The second-order valence-electron chi connectivity index (χ2n) is 11.3. The van der Waals surface area contributed by atoms with Gasteiger partial charge in [0.1, 0.15) is 15.6 Å². The highest BCUT2D eigenvalue weighted by Gasteiger charge is 2.29. The minimum atomic E-state index is -3.78. The molecule has 0 saturated heterocycles. The summed E-state index contributed by atoms with van der Waals surface area (Å²) in [6, 6.07) is 15.9. The summed E-state index contributed by atoms with van der Waals surface area (Å²) in [5, 5.41) is 0. The molecule has 40 heavy (non-hydrogen) atoms. The van der Waals surface area contributed by atoms with Crippen LogP contribution in [0.25, 0.3) is 32.9 Å². The first kappa shape index (κ1) is 28.1. The number of sulfonamides is 1. The van der Waals surface area contributed by atoms with Gasteiger partial charge in [-0.3, -0.25) is 4.98 Å². The third-order valence-electron chi connectivity index (χ3n) is 6.65. The summed E-state index contributed by atoms with van der Waals surface area (Å²) in [4.78, 5) is 15.3. The van der Waals surface area contributed by atoms with Gasteiger partial charge >= 0.3 is 0 Å². The molecule has 0 fully saturated rings. The Bertz CT molecular complexity index is 1810. The number of fused-ring (bicyclic) bond motifs is 1. The minimum absolute atomic E-state index is 0.268. The van der Waals surface area contributed by atoms with E-state index in [-0.39, 0.29) is 4.21 Å². The number of hydrogen-bond acceptors (Lipinski definition) is 6. The first-order valence-corrected chi connectivity index (χ1v) is 15.7. The summed E-state index contributed by atoms with van der Waals surface area (Å²) in [6.45, 7) is 14.3. The van der Waals surface area contributed by atoms with E-state index in [0.717, 1.165) is 56.2 Å². The van der Waals surface area contributed by atoms with Gasteiger partial charge < -0.3 is 4.57 Å². The molecule has 1 N–H and O–H groups in total. The number of aromatic nitrogens is 4. The molecule has 0 unspecified atom stereocenters. The van der Waals surface area contributed by atoms with Crippen LogP contribution < -0.4 is 4.72 Å². The zero-order chi connectivity index (χ0) is 28.8. The van der Waals surface area contributed by atoms with E-state index in [1.54, 1.807) is 0 Å². The molecule has 5 aromatic rings. The number of nitrogens with one attached hydrogen (secondary N) is 1. The van der Waals surface area contributed by atoms with Gasteiger partial charge in [-0.05, 0) is 82.0 Å². The Balaban J connectivity index is 1.56. The van der Waals surface area contributed by atoms with E-state index in [2.05, 4.69) is 29.2 Å². The lowest BCUT2D eigenvalue weighted by atomic mass is 10.1. The second kappa shape index (κ2) is 10.5. The van der Waals surface area contributed by atoms with Crippen LogP contribution in [0.1, 0.15) is 55.9 Å². The van der Waals surface area contributed by atoms with Crippen molar-refractivity contribution in [3.05, 3.63) is 82.9 Å². The van der Waals surface area contributed by atoms with Gasteiger partial charge in [-0.1, -0.05) is 37.3 Å². The van der Waals surface area contributed by atoms with E-state index >= 15 is 0 Å². The zero-order valence-electron chi connectivity index (χ0n) is 24.0. The van der Waals surface area contributed by atoms with E-state index < -0.39 is 15.6 Å². The third kappa shape index (κ3) is 5.59. The Morgan fingerprint density at radius 3 is 2.35 bits per heavy atom. The van der Waals surface area contributed by atoms with E-state index in [4.69, 9.17) is 15.0 Å². The normalized spacial score (nSPS) is 12.4. The molecule has 0 amide bonds. The van der Waals surface area contributed by atoms with Crippen molar-refractivity contribution in [3.63, 3.8) is 0 Å². The maximum atomic E-state index is 13.6. The lowest BCUT2D eigenvalue weighted by Gasteiger charge is -2.20. The average Bonchev–Trinajstić information content (AvgIpc) is 3.47. The van der Waals surface area contributed by atoms with Crippen molar-refractivity contribution < 1.29 is 8.42 Å². The Labute approximate surface area is 240 Å². The third-order valence-corrected chi connectivity index (χ3v) is 10.1. The van der Waals surface area contributed by atoms with Crippen molar-refractivity contribution in [3.8, 4) is 21.7 Å². The van der Waals surface area contributed by atoms with Crippen molar-refractivity contribution in [2.24, 2.45) is 0 Å². The van der Waals surface area contributed by atoms with Gasteiger partial charge in [0, 0.05) is 34.3 Å². The van der Waals surface area contributed by atoms with Crippen LogP contribution >= 0.6 is 11.3 Å². The van der Waals surface area contributed by atoms with Crippen LogP contribution in [-0.2, 0) is 23.0 Å². The van der Waals surface area contributed by atoms with E-state index in [0.29, 0.717) is 17.8 Å². The Morgan fingerprint density at radius 1 is 0.950 bits per heavy atom. The monoisotopic (exact) mass is 573 g/mol. The number of thiophene rings is 1. The largest absolute Gasteiger partial charge is 0.308 e. The molecule has 1 aromatic carbocycles. The molecular weight excluding hydrogens is 539 g/mol. The first-order valence-electron chi connectivity index (χ1n) is 13.4. The van der Waals surface area contributed by atoms with Crippen molar-refractivity contribution in [2.45, 2.75) is 71.2 Å². The molecular formula is C31H35N5O2S2. The summed E-state index contributed by atoms with van der Waals surface area (Å²) in [6.07, 6.45) is 2.61. The van der Waals surface area contributed by atoms with E-state index in [1.165, 1.54) is 11.3 Å². The molecule has 0 atom stereocenters. The molecule has 0 spiro atoms. The Hall–Kier alpha value is -3.40. The summed E-state index contributed by atoms with van der Waals surface area (Å²) in [7, 11) is -3.78. The van der Waals surface area contributed by atoms with Crippen molar-refractivity contribution in [1.29, 1.82) is 0 Å². The number of rotatable bonds is 7. The van der Waals surface area contributed by atoms with Gasteiger partial charge in [-0.15, -0.1) is 11.3 Å². The second-order valence-corrected chi connectivity index (χ2v) is 14.2. The molecule has 5 rings (SSSR count). The fourth-order valence-corrected chi connectivity index (χ4v) is 8.10. The molecule has 0 aliphatic carbocycles. The Morgan fingerprint density at radius 2 is 1.70 bits per heavy atom. The summed E-state index contributed by atoms with van der Waals surface area (Å²) in [5.41, 5.74) is 7.57. The Kier molecular flexibility index (Phi) is 7.41. The van der Waals surface area contributed by atoms with Crippen LogP contribution in [0.15, 0.2) is 58.9 Å². The van der Waals surface area contributed by atoms with Gasteiger partial charge in [-0.2, -0.15) is 0 Å². The summed E-state index contributed by atoms with van der Waals surface area (Å²) < 4.78 is 32.3. The van der Waals surface area contributed by atoms with Crippen molar-refractivity contribution in [2.75, 3.05) is 0 Å². The fourth-order valence-electron chi connectivity index (χ4n) is 4.93. The molecule has 4 heterocycles. The molecule has 208 valence electrons. The van der Waals surface area contributed by atoms with Crippen molar-refractivity contribution in [1.82, 2.24) is 24.2 Å². The highest BCUT2D eigenvalue weighted by atomic mass is 32.2. The summed E-state index contributed by atoms with van der Waals surface area (Å²) in [5.74, 6) is 0.975. The number of benzene rings is 1. The van der Waals surface area contributed by atoms with Gasteiger partial charge in [0.2, 0.25) is 0 Å². The molecule has 7 nitrogen and oxygen atoms in total. The van der Waals surface area contributed by atoms with Crippen LogP contribution in [0.3, 0.4) is 0 Å². The van der Waals surface area contributed by atoms with E-state index in [9.17, 15) is 8.42 Å². The maximum absolute atomic E-state index is 13.6. The number of imidazole rings is 1. The van der Waals surface area contributed by atoms with Gasteiger partial charge in [0.25, 0.3) is 10.0 Å². The minimum Gasteiger partial charge on any atom is -0.308 e. The average molecular weight is 574 g/mol. The topological polar surface area (TPSA) is 89.8 Å². The standard InChI is InChI=1S/C31H35N5O2S2/c1-8-27-34-28-20(3)15-21(4)33-29(28)36(27)18-22-13-14-25(32-17-22)24-16-26(23-12-10-9-11-19(23)2)39-30(24)40(37,38)35-31(5,6)7/h9-17,35H,8,18H2,1-7H3. The predicted molar refractivity (Wildman–Crippen MR) is 163 cm³/mol. The predicted octanol–water partition coefficient (Wildman–Crippen LogP) is 6.83. The zero-order valence-corrected chi connectivity index (χ0v) is 25.7. The van der Waals surface area contributed by atoms with Gasteiger partial charge in [-0.25, -0.2) is 23.1 Å². The number of nitrogens with zero attached hydrogens (tertiary/aromatic N) is 4. The number of aryl methyl sites for hydroxylation is 4. The molecule has 0 bridgehead atoms. The van der Waals surface area contributed by atoms with Crippen LogP contribution in [0.2, 0.25) is 0 Å². The van der Waals surface area contributed by atoms with Gasteiger partial charge in [0.05, 0.1) is 12.2 Å². The molecule has 0 aliphatic heterocycles.